The minimum Gasteiger partial charge on any atom is -0.322 e. The number of nitrogens with zero attached hydrogens (tertiary/aromatic N) is 1. The predicted octanol–water partition coefficient (Wildman–Crippen LogP) is 4.47. The van der Waals surface area contributed by atoms with E-state index in [9.17, 15) is 18.8 Å². The summed E-state index contributed by atoms with van der Waals surface area (Å²) in [5.74, 6) is -0.736. The normalized spacial score (nSPS) is 12.8. The maximum atomic E-state index is 13.0. The van der Waals surface area contributed by atoms with Gasteiger partial charge in [-0.1, -0.05) is 18.2 Å². The van der Waals surface area contributed by atoms with Crippen LogP contribution in [-0.2, 0) is 0 Å². The number of benzene rings is 3. The third-order valence-corrected chi connectivity index (χ3v) is 5.63. The Labute approximate surface area is 176 Å². The summed E-state index contributed by atoms with van der Waals surface area (Å²) in [5, 5.41) is 2.78. The number of carbonyl (C=O) groups is 3. The first-order valence-electron chi connectivity index (χ1n) is 9.28. The molecule has 7 heteroatoms. The lowest BCUT2D eigenvalue weighted by molar-refractivity contribution is 0.0664. The van der Waals surface area contributed by atoms with Gasteiger partial charge in [0.1, 0.15) is 5.82 Å². The molecule has 3 amide bonds. The number of nitrogens with one attached hydrogen (secondary N) is 1. The van der Waals surface area contributed by atoms with Gasteiger partial charge in [-0.25, -0.2) is 4.39 Å². The smallest absolute Gasteiger partial charge is 0.261 e. The lowest BCUT2D eigenvalue weighted by Gasteiger charge is -2.13. The van der Waals surface area contributed by atoms with Crippen molar-refractivity contribution in [3.63, 3.8) is 0 Å². The summed E-state index contributed by atoms with van der Waals surface area (Å²) < 4.78 is 13.0. The Hall–Kier alpha value is -3.45. The van der Waals surface area contributed by atoms with E-state index in [2.05, 4.69) is 5.32 Å². The van der Waals surface area contributed by atoms with Crippen molar-refractivity contribution in [3.8, 4) is 0 Å². The summed E-state index contributed by atoms with van der Waals surface area (Å²) in [6.07, 6.45) is 0. The maximum absolute atomic E-state index is 13.0. The minimum atomic E-state index is -0.400. The highest BCUT2D eigenvalue weighted by Crippen LogP contribution is 2.25. The van der Waals surface area contributed by atoms with Crippen molar-refractivity contribution in [1.29, 1.82) is 0 Å². The molecule has 0 fully saturated rings. The monoisotopic (exact) mass is 420 g/mol. The molecule has 3 aromatic carbocycles. The van der Waals surface area contributed by atoms with Gasteiger partial charge < -0.3 is 5.32 Å². The molecule has 0 atom stereocenters. The Morgan fingerprint density at radius 2 is 1.57 bits per heavy atom. The first kappa shape index (κ1) is 19.8. The van der Waals surface area contributed by atoms with E-state index in [1.807, 2.05) is 18.2 Å². The van der Waals surface area contributed by atoms with Crippen LogP contribution in [0.5, 0.6) is 0 Å². The molecule has 0 saturated carbocycles. The van der Waals surface area contributed by atoms with Gasteiger partial charge in [0.15, 0.2) is 0 Å². The van der Waals surface area contributed by atoms with E-state index in [1.54, 1.807) is 30.3 Å². The number of rotatable bonds is 6. The minimum absolute atomic E-state index is 0.267. The Balaban J connectivity index is 1.35. The number of imide groups is 1. The average molecular weight is 420 g/mol. The lowest BCUT2D eigenvalue weighted by atomic mass is 10.1. The van der Waals surface area contributed by atoms with Crippen LogP contribution in [-0.4, -0.2) is 34.9 Å². The number of carbonyl (C=O) groups excluding carboxylic acids is 3. The fourth-order valence-electron chi connectivity index (χ4n) is 3.17. The van der Waals surface area contributed by atoms with Crippen LogP contribution in [0.2, 0.25) is 0 Å². The fraction of sp³-hybridized carbons (Fsp3) is 0.0870. The van der Waals surface area contributed by atoms with E-state index in [0.29, 0.717) is 34.7 Å². The Kier molecular flexibility index (Phi) is 5.63. The van der Waals surface area contributed by atoms with Crippen LogP contribution in [0.4, 0.5) is 10.1 Å². The highest BCUT2D eigenvalue weighted by atomic mass is 32.2. The molecule has 150 valence electrons. The first-order valence-corrected chi connectivity index (χ1v) is 10.3. The van der Waals surface area contributed by atoms with E-state index in [0.717, 1.165) is 4.90 Å². The number of anilines is 1. The van der Waals surface area contributed by atoms with Crippen molar-refractivity contribution < 1.29 is 18.8 Å². The van der Waals surface area contributed by atoms with Crippen molar-refractivity contribution >= 4 is 35.2 Å². The molecule has 0 spiro atoms. The fourth-order valence-corrected chi connectivity index (χ4v) is 4.06. The van der Waals surface area contributed by atoms with E-state index in [-0.39, 0.29) is 17.7 Å². The molecule has 3 aromatic rings. The second-order valence-electron chi connectivity index (χ2n) is 6.64. The number of hydrogen-bond donors (Lipinski definition) is 1. The van der Waals surface area contributed by atoms with Crippen molar-refractivity contribution in [2.45, 2.75) is 4.90 Å². The van der Waals surface area contributed by atoms with Crippen LogP contribution in [0.1, 0.15) is 31.1 Å². The molecule has 1 N–H and O–H groups in total. The van der Waals surface area contributed by atoms with Crippen LogP contribution < -0.4 is 5.32 Å². The Morgan fingerprint density at radius 1 is 0.900 bits per heavy atom. The van der Waals surface area contributed by atoms with Gasteiger partial charge in [-0.3, -0.25) is 19.3 Å². The van der Waals surface area contributed by atoms with Gasteiger partial charge in [-0.05, 0) is 54.6 Å². The molecule has 1 heterocycles. The quantitative estimate of drug-likeness (QED) is 0.472. The molecule has 5 nitrogen and oxygen atoms in total. The van der Waals surface area contributed by atoms with Gasteiger partial charge in [0.05, 0.1) is 11.1 Å². The van der Waals surface area contributed by atoms with Crippen LogP contribution in [0.25, 0.3) is 0 Å². The first-order chi connectivity index (χ1) is 14.5. The van der Waals surface area contributed by atoms with Crippen molar-refractivity contribution in [2.24, 2.45) is 0 Å². The highest BCUT2D eigenvalue weighted by molar-refractivity contribution is 7.99. The zero-order chi connectivity index (χ0) is 21.1. The summed E-state index contributed by atoms with van der Waals surface area (Å²) in [6.45, 7) is 0.295. The summed E-state index contributed by atoms with van der Waals surface area (Å²) >= 11 is 1.48. The van der Waals surface area contributed by atoms with Gasteiger partial charge in [0, 0.05) is 28.4 Å². The van der Waals surface area contributed by atoms with Crippen LogP contribution in [0.3, 0.4) is 0 Å². The molecular formula is C23H17FN2O3S. The Bertz CT molecular complexity index is 1100. The van der Waals surface area contributed by atoms with Gasteiger partial charge in [0.2, 0.25) is 0 Å². The number of amides is 3. The summed E-state index contributed by atoms with van der Waals surface area (Å²) in [4.78, 5) is 39.2. The summed E-state index contributed by atoms with van der Waals surface area (Å²) in [6, 6.07) is 19.4. The van der Waals surface area contributed by atoms with Crippen molar-refractivity contribution in [1.82, 2.24) is 4.90 Å². The molecule has 0 unspecified atom stereocenters. The second-order valence-corrected chi connectivity index (χ2v) is 7.81. The van der Waals surface area contributed by atoms with Crippen LogP contribution in [0.15, 0.2) is 77.7 Å². The van der Waals surface area contributed by atoms with Gasteiger partial charge in [-0.15, -0.1) is 11.8 Å². The van der Waals surface area contributed by atoms with Gasteiger partial charge in [-0.2, -0.15) is 0 Å². The zero-order valence-electron chi connectivity index (χ0n) is 15.8. The van der Waals surface area contributed by atoms with E-state index in [4.69, 9.17) is 0 Å². The molecule has 30 heavy (non-hydrogen) atoms. The standard InChI is InChI=1S/C23H17FN2O3S/c24-16-10-8-15(9-11-16)21(27)25-17-4-3-5-18(14-17)30-13-12-26-22(28)19-6-1-2-7-20(19)23(26)29/h1-11,14H,12-13H2,(H,25,27). The third kappa shape index (κ3) is 4.11. The van der Waals surface area contributed by atoms with E-state index in [1.165, 1.54) is 40.9 Å². The Morgan fingerprint density at radius 3 is 2.23 bits per heavy atom. The molecule has 0 aromatic heterocycles. The molecule has 0 bridgehead atoms. The average Bonchev–Trinajstić information content (AvgIpc) is 2.99. The molecule has 0 radical (unpaired) electrons. The largest absolute Gasteiger partial charge is 0.322 e. The summed E-state index contributed by atoms with van der Waals surface area (Å²) in [7, 11) is 0. The molecule has 0 saturated heterocycles. The zero-order valence-corrected chi connectivity index (χ0v) is 16.6. The highest BCUT2D eigenvalue weighted by Gasteiger charge is 2.34. The number of fused-ring (bicyclic) bond motifs is 1. The predicted molar refractivity (Wildman–Crippen MR) is 113 cm³/mol. The van der Waals surface area contributed by atoms with Crippen LogP contribution in [0, 0.1) is 5.82 Å². The topological polar surface area (TPSA) is 66.5 Å². The second kappa shape index (κ2) is 8.51. The third-order valence-electron chi connectivity index (χ3n) is 4.66. The molecular weight excluding hydrogens is 403 g/mol. The van der Waals surface area contributed by atoms with Crippen LogP contribution >= 0.6 is 11.8 Å². The van der Waals surface area contributed by atoms with E-state index < -0.39 is 5.82 Å². The maximum Gasteiger partial charge on any atom is 0.261 e. The lowest BCUT2D eigenvalue weighted by Crippen LogP contribution is -2.31. The molecule has 0 aliphatic carbocycles. The number of hydrogen-bond acceptors (Lipinski definition) is 4. The van der Waals surface area contributed by atoms with Crippen molar-refractivity contribution in [2.75, 3.05) is 17.6 Å². The van der Waals surface area contributed by atoms with Gasteiger partial charge in [0.25, 0.3) is 17.7 Å². The molecule has 4 rings (SSSR count). The summed E-state index contributed by atoms with van der Waals surface area (Å²) in [5.41, 5.74) is 1.85. The SMILES string of the molecule is O=C(Nc1cccc(SCCN2C(=O)c3ccccc3C2=O)c1)c1ccc(F)cc1. The van der Waals surface area contributed by atoms with Crippen molar-refractivity contribution in [3.05, 3.63) is 95.3 Å². The number of halogens is 1. The molecule has 1 aliphatic rings. The van der Waals surface area contributed by atoms with E-state index >= 15 is 0 Å². The number of thioether (sulfide) groups is 1. The van der Waals surface area contributed by atoms with Gasteiger partial charge >= 0.3 is 0 Å². The molecule has 1 aliphatic heterocycles.